The van der Waals surface area contributed by atoms with Gasteiger partial charge in [0.1, 0.15) is 6.54 Å². The number of pyridine rings is 1. The van der Waals surface area contributed by atoms with Crippen LogP contribution in [-0.2, 0) is 6.54 Å². The zero-order chi connectivity index (χ0) is 11.6. The number of halogens is 1. The number of rotatable bonds is 8. The van der Waals surface area contributed by atoms with Gasteiger partial charge >= 0.3 is 0 Å². The Balaban J connectivity index is 2.01. The van der Waals surface area contributed by atoms with Crippen molar-refractivity contribution in [3.05, 3.63) is 28.1 Å². The summed E-state index contributed by atoms with van der Waals surface area (Å²) in [6.07, 6.45) is 14.1. The molecular formula is C14H23IN+. The fourth-order valence-electron chi connectivity index (χ4n) is 1.84. The van der Waals surface area contributed by atoms with Crippen molar-refractivity contribution >= 4 is 22.6 Å². The second-order valence-corrected chi connectivity index (χ2v) is 5.62. The standard InChI is InChI=1S/C14H23IN/c1-2-3-4-5-6-7-8-11-16-12-9-14(15)10-13-16/h9-10,12-13H,2-8,11H2,1H3/q+1. The summed E-state index contributed by atoms with van der Waals surface area (Å²) in [5.74, 6) is 0. The summed E-state index contributed by atoms with van der Waals surface area (Å²) in [4.78, 5) is 0. The van der Waals surface area contributed by atoms with Crippen LogP contribution in [0.4, 0.5) is 0 Å². The monoisotopic (exact) mass is 332 g/mol. The highest BCUT2D eigenvalue weighted by molar-refractivity contribution is 14.1. The van der Waals surface area contributed by atoms with Crippen molar-refractivity contribution in [2.75, 3.05) is 0 Å². The van der Waals surface area contributed by atoms with Crippen molar-refractivity contribution in [2.24, 2.45) is 0 Å². The van der Waals surface area contributed by atoms with Crippen LogP contribution in [0.2, 0.25) is 0 Å². The Kier molecular flexibility index (Phi) is 7.81. The van der Waals surface area contributed by atoms with Gasteiger partial charge in [0, 0.05) is 22.1 Å². The molecular weight excluding hydrogens is 309 g/mol. The van der Waals surface area contributed by atoms with Crippen molar-refractivity contribution < 1.29 is 4.57 Å². The Morgan fingerprint density at radius 2 is 1.50 bits per heavy atom. The van der Waals surface area contributed by atoms with Crippen molar-refractivity contribution in [3.63, 3.8) is 0 Å². The molecule has 1 aromatic heterocycles. The molecule has 0 aromatic carbocycles. The Morgan fingerprint density at radius 3 is 2.12 bits per heavy atom. The molecule has 16 heavy (non-hydrogen) atoms. The van der Waals surface area contributed by atoms with E-state index in [9.17, 15) is 0 Å². The smallest absolute Gasteiger partial charge is 0.169 e. The van der Waals surface area contributed by atoms with E-state index in [0.29, 0.717) is 0 Å². The maximum absolute atomic E-state index is 2.35. The molecule has 1 heterocycles. The molecule has 0 atom stereocenters. The molecule has 2 heteroatoms. The largest absolute Gasteiger partial charge is 0.205 e. The first-order valence-electron chi connectivity index (χ1n) is 6.47. The van der Waals surface area contributed by atoms with Gasteiger partial charge in [-0.1, -0.05) is 39.0 Å². The van der Waals surface area contributed by atoms with E-state index in [2.05, 4.69) is 58.6 Å². The second-order valence-electron chi connectivity index (χ2n) is 4.38. The number of nitrogens with zero attached hydrogens (tertiary/aromatic N) is 1. The van der Waals surface area contributed by atoms with Gasteiger partial charge in [0.2, 0.25) is 0 Å². The average Bonchev–Trinajstić information content (AvgIpc) is 2.30. The lowest BCUT2D eigenvalue weighted by Gasteiger charge is -1.99. The van der Waals surface area contributed by atoms with Gasteiger partial charge in [0.25, 0.3) is 0 Å². The Hall–Kier alpha value is -0.120. The van der Waals surface area contributed by atoms with Crippen molar-refractivity contribution in [1.82, 2.24) is 0 Å². The third-order valence-electron chi connectivity index (χ3n) is 2.87. The predicted molar refractivity (Wildman–Crippen MR) is 77.3 cm³/mol. The number of aromatic nitrogens is 1. The van der Waals surface area contributed by atoms with E-state index in [4.69, 9.17) is 0 Å². The maximum Gasteiger partial charge on any atom is 0.169 e. The van der Waals surface area contributed by atoms with Gasteiger partial charge in [-0.25, -0.2) is 4.57 Å². The van der Waals surface area contributed by atoms with Crippen LogP contribution in [0, 0.1) is 3.57 Å². The highest BCUT2D eigenvalue weighted by Crippen LogP contribution is 2.06. The molecule has 0 unspecified atom stereocenters. The van der Waals surface area contributed by atoms with Crippen LogP contribution in [0.1, 0.15) is 51.9 Å². The van der Waals surface area contributed by atoms with Gasteiger partial charge in [-0.3, -0.25) is 0 Å². The van der Waals surface area contributed by atoms with E-state index in [1.54, 1.807) is 0 Å². The molecule has 0 spiro atoms. The average molecular weight is 332 g/mol. The molecule has 0 fully saturated rings. The molecule has 0 aliphatic rings. The van der Waals surface area contributed by atoms with Gasteiger partial charge in [-0.05, 0) is 29.0 Å². The van der Waals surface area contributed by atoms with Gasteiger partial charge < -0.3 is 0 Å². The van der Waals surface area contributed by atoms with Crippen LogP contribution in [0.25, 0.3) is 0 Å². The molecule has 0 saturated heterocycles. The molecule has 0 aliphatic carbocycles. The zero-order valence-electron chi connectivity index (χ0n) is 10.3. The number of aryl methyl sites for hydroxylation is 1. The molecule has 90 valence electrons. The summed E-state index contributed by atoms with van der Waals surface area (Å²) in [7, 11) is 0. The third kappa shape index (κ3) is 6.46. The van der Waals surface area contributed by atoms with E-state index in [1.165, 1.54) is 55.1 Å². The van der Waals surface area contributed by atoms with Crippen LogP contribution in [0.15, 0.2) is 24.5 Å². The van der Waals surface area contributed by atoms with E-state index < -0.39 is 0 Å². The predicted octanol–water partition coefficient (Wildman–Crippen LogP) is 4.33. The summed E-state index contributed by atoms with van der Waals surface area (Å²) in [6, 6.07) is 4.34. The zero-order valence-corrected chi connectivity index (χ0v) is 12.4. The SMILES string of the molecule is CCCCCCCCC[n+]1ccc(I)cc1. The first-order valence-corrected chi connectivity index (χ1v) is 7.55. The summed E-state index contributed by atoms with van der Waals surface area (Å²) < 4.78 is 3.60. The van der Waals surface area contributed by atoms with Crippen molar-refractivity contribution in [1.29, 1.82) is 0 Å². The summed E-state index contributed by atoms with van der Waals surface area (Å²) in [6.45, 7) is 3.44. The van der Waals surface area contributed by atoms with Crippen LogP contribution >= 0.6 is 22.6 Å². The minimum Gasteiger partial charge on any atom is -0.205 e. The van der Waals surface area contributed by atoms with Crippen LogP contribution < -0.4 is 4.57 Å². The lowest BCUT2D eigenvalue weighted by atomic mass is 10.1. The molecule has 0 aliphatic heterocycles. The van der Waals surface area contributed by atoms with Crippen LogP contribution in [0.3, 0.4) is 0 Å². The molecule has 0 radical (unpaired) electrons. The summed E-state index contributed by atoms with van der Waals surface area (Å²) >= 11 is 2.35. The molecule has 0 bridgehead atoms. The van der Waals surface area contributed by atoms with Gasteiger partial charge in [0.15, 0.2) is 12.4 Å². The fourth-order valence-corrected chi connectivity index (χ4v) is 2.16. The van der Waals surface area contributed by atoms with Crippen LogP contribution in [0.5, 0.6) is 0 Å². The van der Waals surface area contributed by atoms with Crippen molar-refractivity contribution in [2.45, 2.75) is 58.4 Å². The topological polar surface area (TPSA) is 3.88 Å². The minimum atomic E-state index is 1.17. The van der Waals surface area contributed by atoms with Gasteiger partial charge in [-0.2, -0.15) is 0 Å². The Bertz CT molecular complexity index is 269. The minimum absolute atomic E-state index is 1.17. The number of hydrogen-bond donors (Lipinski definition) is 0. The molecule has 1 nitrogen and oxygen atoms in total. The summed E-state index contributed by atoms with van der Waals surface area (Å²) in [5, 5.41) is 0. The van der Waals surface area contributed by atoms with E-state index in [1.807, 2.05) is 0 Å². The molecule has 0 N–H and O–H groups in total. The third-order valence-corrected chi connectivity index (χ3v) is 3.59. The fraction of sp³-hybridized carbons (Fsp3) is 0.643. The lowest BCUT2D eigenvalue weighted by molar-refractivity contribution is -0.697. The lowest BCUT2D eigenvalue weighted by Crippen LogP contribution is -2.32. The van der Waals surface area contributed by atoms with Crippen LogP contribution in [-0.4, -0.2) is 0 Å². The molecule has 1 aromatic rings. The first kappa shape index (κ1) is 13.9. The maximum atomic E-state index is 2.35. The number of unbranched alkanes of at least 4 members (excludes halogenated alkanes) is 6. The first-order chi connectivity index (χ1) is 7.83. The molecule has 0 amide bonds. The van der Waals surface area contributed by atoms with Crippen molar-refractivity contribution in [3.8, 4) is 0 Å². The van der Waals surface area contributed by atoms with Gasteiger partial charge in [-0.15, -0.1) is 0 Å². The highest BCUT2D eigenvalue weighted by Gasteiger charge is 1.99. The highest BCUT2D eigenvalue weighted by atomic mass is 127. The second kappa shape index (κ2) is 8.97. The van der Waals surface area contributed by atoms with E-state index >= 15 is 0 Å². The molecule has 0 saturated carbocycles. The van der Waals surface area contributed by atoms with Gasteiger partial charge in [0.05, 0.1) is 0 Å². The number of hydrogen-bond acceptors (Lipinski definition) is 0. The summed E-state index contributed by atoms with van der Waals surface area (Å²) in [5.41, 5.74) is 0. The van der Waals surface area contributed by atoms with E-state index in [-0.39, 0.29) is 0 Å². The molecule has 1 rings (SSSR count). The Morgan fingerprint density at radius 1 is 0.938 bits per heavy atom. The normalized spacial score (nSPS) is 10.6. The quantitative estimate of drug-likeness (QED) is 0.379. The van der Waals surface area contributed by atoms with E-state index in [0.717, 1.165) is 0 Å². The Labute approximate surface area is 113 Å².